The lowest BCUT2D eigenvalue weighted by atomic mass is 10.00. The molecule has 1 heterocycles. The van der Waals surface area contributed by atoms with Crippen LogP contribution in [0.2, 0.25) is 0 Å². The van der Waals surface area contributed by atoms with Crippen LogP contribution in [-0.2, 0) is 14.3 Å². The van der Waals surface area contributed by atoms with E-state index < -0.39 is 11.8 Å². The third kappa shape index (κ3) is 2.74. The number of fused-ring (bicyclic) bond motifs is 1. The van der Waals surface area contributed by atoms with Crippen LogP contribution >= 0.6 is 0 Å². The van der Waals surface area contributed by atoms with E-state index in [2.05, 4.69) is 0 Å². The molecule has 0 atom stereocenters. The quantitative estimate of drug-likeness (QED) is 0.490. The number of carbonyl (C=O) groups excluding carboxylic acids is 3. The first-order valence-corrected chi connectivity index (χ1v) is 7.79. The van der Waals surface area contributed by atoms with Gasteiger partial charge in [-0.25, -0.2) is 4.90 Å². The number of ketones is 1. The standard InChI is InChI=1S/C20H17NO4/c1-12(22)15-9-10-16-17(11-15)21(13(2)23)20(24)18(16)19(25-3)14-7-5-4-6-8-14/h4-11H,1-3H3. The molecule has 3 rings (SSSR count). The number of carbonyl (C=O) groups is 3. The highest BCUT2D eigenvalue weighted by atomic mass is 16.5. The normalized spacial score (nSPS) is 15.0. The highest BCUT2D eigenvalue weighted by molar-refractivity contribution is 6.43. The SMILES string of the molecule is COC(=C1C(=O)N(C(C)=O)c2cc(C(C)=O)ccc21)c1ccccc1. The van der Waals surface area contributed by atoms with E-state index in [1.54, 1.807) is 18.2 Å². The maximum absolute atomic E-state index is 12.9. The Morgan fingerprint density at radius 3 is 2.20 bits per heavy atom. The van der Waals surface area contributed by atoms with E-state index in [1.807, 2.05) is 30.3 Å². The molecule has 1 aliphatic rings. The smallest absolute Gasteiger partial charge is 0.269 e. The maximum atomic E-state index is 12.9. The lowest BCUT2D eigenvalue weighted by Crippen LogP contribution is -2.31. The number of rotatable bonds is 3. The minimum atomic E-state index is -0.455. The van der Waals surface area contributed by atoms with E-state index in [0.717, 1.165) is 10.5 Å². The fraction of sp³-hybridized carbons (Fsp3) is 0.150. The Labute approximate surface area is 145 Å². The molecule has 0 unspecified atom stereocenters. The van der Waals surface area contributed by atoms with E-state index >= 15 is 0 Å². The zero-order valence-corrected chi connectivity index (χ0v) is 14.2. The molecule has 0 bridgehead atoms. The van der Waals surface area contributed by atoms with Gasteiger partial charge in [0.05, 0.1) is 18.4 Å². The molecule has 2 aromatic carbocycles. The second-order valence-corrected chi connectivity index (χ2v) is 5.72. The Morgan fingerprint density at radius 2 is 1.64 bits per heavy atom. The molecule has 0 spiro atoms. The minimum absolute atomic E-state index is 0.133. The van der Waals surface area contributed by atoms with Gasteiger partial charge in [-0.15, -0.1) is 0 Å². The summed E-state index contributed by atoms with van der Waals surface area (Å²) in [5.41, 5.74) is 2.48. The van der Waals surface area contributed by atoms with Crippen LogP contribution in [0.3, 0.4) is 0 Å². The van der Waals surface area contributed by atoms with Gasteiger partial charge < -0.3 is 4.74 Å². The van der Waals surface area contributed by atoms with E-state index in [0.29, 0.717) is 28.1 Å². The highest BCUT2D eigenvalue weighted by Crippen LogP contribution is 2.41. The Balaban J connectivity index is 2.30. The summed E-state index contributed by atoms with van der Waals surface area (Å²) in [5, 5.41) is 0. The van der Waals surface area contributed by atoms with Crippen molar-refractivity contribution in [1.82, 2.24) is 0 Å². The number of anilines is 1. The van der Waals surface area contributed by atoms with Gasteiger partial charge in [0, 0.05) is 23.6 Å². The molecule has 0 saturated heterocycles. The molecule has 2 aromatic rings. The summed E-state index contributed by atoms with van der Waals surface area (Å²) in [4.78, 5) is 37.7. The topological polar surface area (TPSA) is 63.7 Å². The molecule has 0 radical (unpaired) electrons. The summed E-state index contributed by atoms with van der Waals surface area (Å²) < 4.78 is 5.51. The number of imide groups is 1. The third-order valence-electron chi connectivity index (χ3n) is 4.11. The van der Waals surface area contributed by atoms with Crippen molar-refractivity contribution >= 4 is 34.6 Å². The minimum Gasteiger partial charge on any atom is -0.495 e. The average molecular weight is 335 g/mol. The van der Waals surface area contributed by atoms with Gasteiger partial charge in [-0.05, 0) is 13.0 Å². The molecular formula is C20H17NO4. The molecule has 25 heavy (non-hydrogen) atoms. The monoisotopic (exact) mass is 335 g/mol. The first-order chi connectivity index (χ1) is 12.0. The lowest BCUT2D eigenvalue weighted by Gasteiger charge is -2.13. The molecule has 0 aliphatic carbocycles. The summed E-state index contributed by atoms with van der Waals surface area (Å²) in [6, 6.07) is 14.1. The molecule has 0 aromatic heterocycles. The van der Waals surface area contributed by atoms with Crippen molar-refractivity contribution in [3.8, 4) is 0 Å². The van der Waals surface area contributed by atoms with Gasteiger partial charge in [0.15, 0.2) is 5.78 Å². The number of nitrogens with zero attached hydrogens (tertiary/aromatic N) is 1. The van der Waals surface area contributed by atoms with Crippen molar-refractivity contribution in [3.63, 3.8) is 0 Å². The van der Waals surface area contributed by atoms with Crippen LogP contribution in [0.25, 0.3) is 11.3 Å². The van der Waals surface area contributed by atoms with Gasteiger partial charge in [0.2, 0.25) is 5.91 Å². The summed E-state index contributed by atoms with van der Waals surface area (Å²) in [5.74, 6) is -0.605. The largest absolute Gasteiger partial charge is 0.495 e. The number of amides is 2. The van der Waals surface area contributed by atoms with E-state index in [9.17, 15) is 14.4 Å². The fourth-order valence-electron chi connectivity index (χ4n) is 2.97. The van der Waals surface area contributed by atoms with Crippen LogP contribution in [0.4, 0.5) is 5.69 Å². The molecule has 0 fully saturated rings. The molecule has 2 amide bonds. The lowest BCUT2D eigenvalue weighted by molar-refractivity contribution is -0.122. The average Bonchev–Trinajstić information content (AvgIpc) is 2.88. The first-order valence-electron chi connectivity index (χ1n) is 7.79. The Bertz CT molecular complexity index is 913. The number of hydrogen-bond donors (Lipinski definition) is 0. The van der Waals surface area contributed by atoms with Crippen molar-refractivity contribution < 1.29 is 19.1 Å². The molecule has 1 aliphatic heterocycles. The fourth-order valence-corrected chi connectivity index (χ4v) is 2.97. The predicted octanol–water partition coefficient (Wildman–Crippen LogP) is 3.30. The molecule has 5 nitrogen and oxygen atoms in total. The Morgan fingerprint density at radius 1 is 0.960 bits per heavy atom. The molecular weight excluding hydrogens is 318 g/mol. The summed E-state index contributed by atoms with van der Waals surface area (Å²) in [6.45, 7) is 2.76. The molecule has 0 saturated carbocycles. The highest BCUT2D eigenvalue weighted by Gasteiger charge is 2.38. The number of ether oxygens (including phenoxy) is 1. The Hall–Kier alpha value is -3.21. The van der Waals surface area contributed by atoms with Crippen LogP contribution < -0.4 is 4.90 Å². The van der Waals surface area contributed by atoms with Gasteiger partial charge >= 0.3 is 0 Å². The van der Waals surface area contributed by atoms with Crippen LogP contribution in [0, 0.1) is 0 Å². The van der Waals surface area contributed by atoms with Crippen molar-refractivity contribution in [3.05, 3.63) is 65.2 Å². The number of Topliss-reactive ketones (excluding diaryl/α,β-unsaturated/α-hetero) is 1. The number of methoxy groups -OCH3 is 1. The summed E-state index contributed by atoms with van der Waals surface area (Å²) in [6.07, 6.45) is 0. The third-order valence-corrected chi connectivity index (χ3v) is 4.11. The summed E-state index contributed by atoms with van der Waals surface area (Å²) >= 11 is 0. The molecule has 126 valence electrons. The van der Waals surface area contributed by atoms with Crippen molar-refractivity contribution in [2.45, 2.75) is 13.8 Å². The zero-order chi connectivity index (χ0) is 18.1. The van der Waals surface area contributed by atoms with Gasteiger partial charge in [0.1, 0.15) is 5.76 Å². The van der Waals surface area contributed by atoms with Crippen molar-refractivity contribution in [1.29, 1.82) is 0 Å². The molecule has 5 heteroatoms. The van der Waals surface area contributed by atoms with Crippen LogP contribution in [0.1, 0.15) is 35.3 Å². The van der Waals surface area contributed by atoms with Gasteiger partial charge in [-0.2, -0.15) is 0 Å². The first kappa shape index (κ1) is 16.6. The zero-order valence-electron chi connectivity index (χ0n) is 14.2. The number of hydrogen-bond acceptors (Lipinski definition) is 4. The van der Waals surface area contributed by atoms with Gasteiger partial charge in [-0.3, -0.25) is 14.4 Å². The predicted molar refractivity (Wildman–Crippen MR) is 94.9 cm³/mol. The van der Waals surface area contributed by atoms with Gasteiger partial charge in [0.25, 0.3) is 5.91 Å². The van der Waals surface area contributed by atoms with Crippen LogP contribution in [-0.4, -0.2) is 24.7 Å². The van der Waals surface area contributed by atoms with E-state index in [4.69, 9.17) is 4.74 Å². The van der Waals surface area contributed by atoms with Crippen molar-refractivity contribution in [2.24, 2.45) is 0 Å². The molecule has 0 N–H and O–H groups in total. The van der Waals surface area contributed by atoms with Crippen LogP contribution in [0.5, 0.6) is 0 Å². The maximum Gasteiger partial charge on any atom is 0.269 e. The van der Waals surface area contributed by atoms with Crippen LogP contribution in [0.15, 0.2) is 48.5 Å². The van der Waals surface area contributed by atoms with Crippen molar-refractivity contribution in [2.75, 3.05) is 12.0 Å². The Kier molecular flexibility index (Phi) is 4.23. The summed E-state index contributed by atoms with van der Waals surface area (Å²) in [7, 11) is 1.49. The second-order valence-electron chi connectivity index (χ2n) is 5.72. The van der Waals surface area contributed by atoms with E-state index in [1.165, 1.54) is 21.0 Å². The second kappa shape index (κ2) is 6.36. The van der Waals surface area contributed by atoms with Gasteiger partial charge in [-0.1, -0.05) is 42.5 Å². The van der Waals surface area contributed by atoms with E-state index in [-0.39, 0.29) is 5.78 Å². The number of benzene rings is 2.